The Balaban J connectivity index is 2.26. The number of amides is 1. The minimum absolute atomic E-state index is 0.0259. The number of hydrogen-bond donors (Lipinski definition) is 4. The zero-order chi connectivity index (χ0) is 42.1. The van der Waals surface area contributed by atoms with Crippen molar-refractivity contribution in [3.05, 3.63) is 34.9 Å². The van der Waals surface area contributed by atoms with Crippen molar-refractivity contribution < 1.29 is 53.4 Å². The van der Waals surface area contributed by atoms with Crippen molar-refractivity contribution in [1.29, 1.82) is 0 Å². The van der Waals surface area contributed by atoms with E-state index >= 15 is 0 Å². The van der Waals surface area contributed by atoms with Gasteiger partial charge in [-0.1, -0.05) is 68.6 Å². The highest BCUT2D eigenvalue weighted by Gasteiger charge is 2.52. The number of esters is 1. The summed E-state index contributed by atoms with van der Waals surface area (Å²) in [6, 6.07) is 9.36. The SMILES string of the molecule is CC#CNC(=O)O[C@H]1[C@H](C)[C@@H](O[C@@H]2O[C@H](C)C[C@H](N(C)C)[C@H]2O)[C@](C)(OC)C[C@@H](C)/C(=N/OCc2ccccc2Cl)[C@H](C)[C@@H](O)[C@](C)(O)[C@@H](CC)OC(=O)[C@@H]1C. The summed E-state index contributed by atoms with van der Waals surface area (Å²) < 4.78 is 31.3. The van der Waals surface area contributed by atoms with Crippen molar-refractivity contribution in [3.8, 4) is 12.0 Å². The zero-order valence-corrected chi connectivity index (χ0v) is 35.7. The number of oxime groups is 1. The number of benzene rings is 1. The maximum absolute atomic E-state index is 14.1. The number of alkyl carbamates (subject to hydrolysis) is 1. The van der Waals surface area contributed by atoms with Gasteiger partial charge in [0.15, 0.2) is 6.29 Å². The second kappa shape index (κ2) is 20.6. The number of nitrogens with zero attached hydrogens (tertiary/aromatic N) is 2. The van der Waals surface area contributed by atoms with Gasteiger partial charge in [-0.05, 0) is 74.0 Å². The molecule has 56 heavy (non-hydrogen) atoms. The number of carbonyl (C=O) groups is 2. The number of aliphatic hydroxyl groups excluding tert-OH is 2. The topological polar surface area (TPSA) is 178 Å². The molecule has 15 heteroatoms. The van der Waals surface area contributed by atoms with E-state index in [1.807, 2.05) is 51.9 Å². The highest BCUT2D eigenvalue weighted by atomic mass is 35.5. The average Bonchev–Trinajstić information content (AvgIpc) is 3.15. The summed E-state index contributed by atoms with van der Waals surface area (Å²) in [5.74, 6) is -1.51. The van der Waals surface area contributed by atoms with Crippen molar-refractivity contribution in [2.75, 3.05) is 21.2 Å². The lowest BCUT2D eigenvalue weighted by atomic mass is 9.73. The molecule has 2 aliphatic rings. The molecule has 0 spiro atoms. The summed E-state index contributed by atoms with van der Waals surface area (Å²) >= 11 is 6.40. The summed E-state index contributed by atoms with van der Waals surface area (Å²) in [6.07, 6.45) is -7.46. The fraction of sp³-hybridized carbons (Fsp3) is 0.732. The summed E-state index contributed by atoms with van der Waals surface area (Å²) in [7, 11) is 5.25. The monoisotopic (exact) mass is 809 g/mol. The van der Waals surface area contributed by atoms with E-state index in [1.165, 1.54) is 14.0 Å². The molecule has 2 fully saturated rings. The number of nitrogens with one attached hydrogen (secondary N) is 1. The Morgan fingerprint density at radius 3 is 2.38 bits per heavy atom. The predicted octanol–water partition coefficient (Wildman–Crippen LogP) is 4.89. The number of aliphatic hydroxyl groups is 3. The Hall–Kier alpha value is -3.00. The molecule has 1 aromatic carbocycles. The molecule has 0 bridgehead atoms. The number of halogens is 1. The second-order valence-electron chi connectivity index (χ2n) is 15.9. The molecule has 0 aromatic heterocycles. The molecule has 3 rings (SSSR count). The van der Waals surface area contributed by atoms with E-state index in [1.54, 1.807) is 46.8 Å². The molecule has 0 unspecified atom stereocenters. The molecule has 14 nitrogen and oxygen atoms in total. The van der Waals surface area contributed by atoms with Crippen LogP contribution in [0.15, 0.2) is 29.4 Å². The number of methoxy groups -OCH3 is 1. The first-order valence-electron chi connectivity index (χ1n) is 19.4. The molecule has 0 radical (unpaired) electrons. The van der Waals surface area contributed by atoms with Crippen molar-refractivity contribution >= 4 is 29.4 Å². The number of cyclic esters (lactones) is 1. The molecule has 2 heterocycles. The van der Waals surface area contributed by atoms with Crippen LogP contribution in [-0.2, 0) is 39.9 Å². The molecule has 4 N–H and O–H groups in total. The van der Waals surface area contributed by atoms with Gasteiger partial charge >= 0.3 is 12.1 Å². The Bertz CT molecular complexity index is 1550. The number of likely N-dealkylation sites (N-methyl/N-ethyl adjacent to an activating group) is 1. The summed E-state index contributed by atoms with van der Waals surface area (Å²) in [5, 5.41) is 42.9. The van der Waals surface area contributed by atoms with Crippen LogP contribution in [0.2, 0.25) is 5.02 Å². The highest BCUT2D eigenvalue weighted by molar-refractivity contribution is 6.31. The fourth-order valence-electron chi connectivity index (χ4n) is 8.02. The number of ether oxygens (including phenoxy) is 5. The standard InChI is InChI=1S/C41H64ClN3O11/c1-13-19-43-39(49)55-34-26(6)36(56-38-33(46)30(45(10)11)20-24(4)53-38)40(8,51-12)21-23(3)32(44-52-22-28-17-15-16-18-29(28)42)25(5)35(47)41(9,50)31(14-2)54-37(48)27(34)7/h15-18,23-27,30-31,33-36,38,46-47,50H,14,20-22H2,1-12H3,(H,43,49)/b44-32-/t23-,24-,25+,26+,27-,30+,31-,33-,34+,35-,36-,38+,40-,41-/m1/s1. The lowest BCUT2D eigenvalue weighted by Gasteiger charge is -2.48. The van der Waals surface area contributed by atoms with Crippen LogP contribution in [0.25, 0.3) is 0 Å². The largest absolute Gasteiger partial charge is 0.459 e. The highest BCUT2D eigenvalue weighted by Crippen LogP contribution is 2.40. The summed E-state index contributed by atoms with van der Waals surface area (Å²) in [6.45, 7) is 15.3. The lowest BCUT2D eigenvalue weighted by Crippen LogP contribution is -2.60. The lowest BCUT2D eigenvalue weighted by molar-refractivity contribution is -0.301. The third-order valence-corrected chi connectivity index (χ3v) is 11.8. The predicted molar refractivity (Wildman–Crippen MR) is 211 cm³/mol. The Kier molecular flexibility index (Phi) is 17.4. The van der Waals surface area contributed by atoms with E-state index < -0.39 is 83.7 Å². The number of hydrogen-bond acceptors (Lipinski definition) is 13. The molecule has 316 valence electrons. The molecule has 14 atom stereocenters. The van der Waals surface area contributed by atoms with Gasteiger partial charge in [0, 0.05) is 47.5 Å². The van der Waals surface area contributed by atoms with E-state index in [-0.39, 0.29) is 31.6 Å². The van der Waals surface area contributed by atoms with Crippen LogP contribution in [0, 0.1) is 35.6 Å². The van der Waals surface area contributed by atoms with Crippen molar-refractivity contribution in [1.82, 2.24) is 10.2 Å². The Labute approximate surface area is 337 Å². The van der Waals surface area contributed by atoms with Crippen LogP contribution in [0.4, 0.5) is 4.79 Å². The minimum atomic E-state index is -1.96. The van der Waals surface area contributed by atoms with Crippen LogP contribution in [0.3, 0.4) is 0 Å². The zero-order valence-electron chi connectivity index (χ0n) is 34.9. The maximum atomic E-state index is 14.1. The first-order chi connectivity index (χ1) is 26.2. The maximum Gasteiger partial charge on any atom is 0.419 e. The van der Waals surface area contributed by atoms with Gasteiger partial charge in [-0.2, -0.15) is 0 Å². The van der Waals surface area contributed by atoms with Crippen molar-refractivity contribution in [2.24, 2.45) is 28.8 Å². The normalized spacial score (nSPS) is 38.2. The van der Waals surface area contributed by atoms with Crippen LogP contribution in [-0.4, -0.2) is 119 Å². The van der Waals surface area contributed by atoms with Crippen LogP contribution < -0.4 is 5.32 Å². The molecule has 1 amide bonds. The van der Waals surface area contributed by atoms with E-state index in [0.717, 1.165) is 0 Å². The third-order valence-electron chi connectivity index (χ3n) is 11.4. The third kappa shape index (κ3) is 11.3. The van der Waals surface area contributed by atoms with Crippen molar-refractivity contribution in [3.63, 3.8) is 0 Å². The van der Waals surface area contributed by atoms with Gasteiger partial charge in [0.05, 0.1) is 35.5 Å². The van der Waals surface area contributed by atoms with Crippen LogP contribution in [0.1, 0.15) is 87.1 Å². The van der Waals surface area contributed by atoms with Crippen LogP contribution >= 0.6 is 11.6 Å². The first-order valence-corrected chi connectivity index (χ1v) is 19.7. The van der Waals surface area contributed by atoms with Crippen molar-refractivity contribution in [2.45, 2.75) is 148 Å². The molecule has 0 saturated carbocycles. The van der Waals surface area contributed by atoms with Gasteiger partial charge in [-0.25, -0.2) is 10.1 Å². The minimum Gasteiger partial charge on any atom is -0.459 e. The van der Waals surface area contributed by atoms with Gasteiger partial charge in [-0.3, -0.25) is 4.79 Å². The van der Waals surface area contributed by atoms with E-state index in [4.69, 9.17) is 40.1 Å². The molecule has 0 aliphatic carbocycles. The average molecular weight is 810 g/mol. The van der Waals surface area contributed by atoms with Gasteiger partial charge < -0.3 is 48.7 Å². The first kappa shape index (κ1) is 47.4. The fourth-order valence-corrected chi connectivity index (χ4v) is 8.21. The smallest absolute Gasteiger partial charge is 0.419 e. The molecule has 2 aliphatic heterocycles. The number of rotatable bonds is 9. The molecular formula is C41H64ClN3O11. The molecular weight excluding hydrogens is 746 g/mol. The second-order valence-corrected chi connectivity index (χ2v) is 16.4. The van der Waals surface area contributed by atoms with E-state index in [9.17, 15) is 24.9 Å². The van der Waals surface area contributed by atoms with E-state index in [0.29, 0.717) is 22.7 Å². The summed E-state index contributed by atoms with van der Waals surface area (Å²) in [5.41, 5.74) is -2.16. The van der Waals surface area contributed by atoms with Crippen LogP contribution in [0.5, 0.6) is 0 Å². The van der Waals surface area contributed by atoms with Gasteiger partial charge in [0.2, 0.25) is 0 Å². The summed E-state index contributed by atoms with van der Waals surface area (Å²) in [4.78, 5) is 35.1. The molecule has 1 aromatic rings. The Morgan fingerprint density at radius 1 is 1.12 bits per heavy atom. The Morgan fingerprint density at radius 2 is 1.79 bits per heavy atom. The molecule has 2 saturated heterocycles. The van der Waals surface area contributed by atoms with E-state index in [2.05, 4.69) is 22.4 Å². The quantitative estimate of drug-likeness (QED) is 0.115. The van der Waals surface area contributed by atoms with Gasteiger partial charge in [-0.15, -0.1) is 0 Å². The van der Waals surface area contributed by atoms with Gasteiger partial charge in [0.1, 0.15) is 30.5 Å². The number of carbonyl (C=O) groups excluding carboxylic acids is 2. The van der Waals surface area contributed by atoms with Gasteiger partial charge in [0.25, 0.3) is 0 Å².